The largest absolute Gasteiger partial charge is 0.481 e. The topological polar surface area (TPSA) is 70.8 Å². The van der Waals surface area contributed by atoms with Gasteiger partial charge in [0.1, 0.15) is 5.76 Å². The van der Waals surface area contributed by atoms with E-state index in [1.807, 2.05) is 19.1 Å². The van der Waals surface area contributed by atoms with E-state index >= 15 is 0 Å². The van der Waals surface area contributed by atoms with E-state index in [1.165, 1.54) is 11.2 Å². The molecule has 5 heteroatoms. The molecule has 0 spiro atoms. The minimum atomic E-state index is -0.929. The second-order valence-electron chi connectivity index (χ2n) is 5.37. The van der Waals surface area contributed by atoms with Crippen LogP contribution in [0, 0.1) is 12.8 Å². The molecule has 0 saturated carbocycles. The smallest absolute Gasteiger partial charge is 0.308 e. The molecule has 0 fully saturated rings. The van der Waals surface area contributed by atoms with Gasteiger partial charge in [-0.15, -0.1) is 0 Å². The SMILES string of the molecule is Cc1ccc(C(=O)N(Cc2ccco2)CC(C)C(=O)O)cc1. The minimum absolute atomic E-state index is 0.128. The Morgan fingerprint density at radius 2 is 1.91 bits per heavy atom. The Labute approximate surface area is 129 Å². The van der Waals surface area contributed by atoms with E-state index < -0.39 is 11.9 Å². The number of aryl methyl sites for hydroxylation is 1. The zero-order valence-corrected chi connectivity index (χ0v) is 12.7. The highest BCUT2D eigenvalue weighted by Gasteiger charge is 2.22. The van der Waals surface area contributed by atoms with E-state index in [2.05, 4.69) is 0 Å². The van der Waals surface area contributed by atoms with Gasteiger partial charge < -0.3 is 14.4 Å². The van der Waals surface area contributed by atoms with Crippen molar-refractivity contribution in [2.45, 2.75) is 20.4 Å². The van der Waals surface area contributed by atoms with Crippen LogP contribution in [0.1, 0.15) is 28.6 Å². The number of carboxylic acid groups (broad SMARTS) is 1. The van der Waals surface area contributed by atoms with Gasteiger partial charge in [-0.2, -0.15) is 0 Å². The first-order chi connectivity index (χ1) is 10.5. The average molecular weight is 301 g/mol. The van der Waals surface area contributed by atoms with Crippen LogP contribution in [0.4, 0.5) is 0 Å². The summed E-state index contributed by atoms with van der Waals surface area (Å²) in [6.07, 6.45) is 1.53. The number of benzene rings is 1. The summed E-state index contributed by atoms with van der Waals surface area (Å²) >= 11 is 0. The van der Waals surface area contributed by atoms with Crippen LogP contribution in [0.15, 0.2) is 47.1 Å². The third kappa shape index (κ3) is 3.97. The summed E-state index contributed by atoms with van der Waals surface area (Å²) in [7, 11) is 0. The van der Waals surface area contributed by atoms with Crippen molar-refractivity contribution >= 4 is 11.9 Å². The van der Waals surface area contributed by atoms with Crippen molar-refractivity contribution in [1.29, 1.82) is 0 Å². The van der Waals surface area contributed by atoms with Crippen LogP contribution in [0.2, 0.25) is 0 Å². The van der Waals surface area contributed by atoms with Gasteiger partial charge in [-0.05, 0) is 31.2 Å². The van der Waals surface area contributed by atoms with E-state index in [4.69, 9.17) is 9.52 Å². The lowest BCUT2D eigenvalue weighted by atomic mass is 10.1. The zero-order valence-electron chi connectivity index (χ0n) is 12.7. The summed E-state index contributed by atoms with van der Waals surface area (Å²) < 4.78 is 5.27. The average Bonchev–Trinajstić information content (AvgIpc) is 2.99. The Kier molecular flexibility index (Phi) is 4.99. The molecule has 1 aromatic heterocycles. The fraction of sp³-hybridized carbons (Fsp3) is 0.294. The van der Waals surface area contributed by atoms with Gasteiger partial charge in [-0.25, -0.2) is 0 Å². The lowest BCUT2D eigenvalue weighted by molar-refractivity contribution is -0.141. The summed E-state index contributed by atoms with van der Waals surface area (Å²) in [5.74, 6) is -1.16. The predicted molar refractivity (Wildman–Crippen MR) is 81.4 cm³/mol. The molecular weight excluding hydrogens is 282 g/mol. The molecule has 0 saturated heterocycles. The monoisotopic (exact) mass is 301 g/mol. The Morgan fingerprint density at radius 1 is 1.23 bits per heavy atom. The Balaban J connectivity index is 2.20. The van der Waals surface area contributed by atoms with Gasteiger partial charge in [0, 0.05) is 12.1 Å². The molecule has 1 amide bonds. The maximum absolute atomic E-state index is 12.6. The second kappa shape index (κ2) is 6.93. The van der Waals surface area contributed by atoms with Crippen molar-refractivity contribution in [3.8, 4) is 0 Å². The van der Waals surface area contributed by atoms with Crippen molar-refractivity contribution in [1.82, 2.24) is 4.90 Å². The second-order valence-corrected chi connectivity index (χ2v) is 5.37. The molecule has 1 atom stereocenters. The third-order valence-electron chi connectivity index (χ3n) is 3.43. The highest BCUT2D eigenvalue weighted by atomic mass is 16.4. The fourth-order valence-corrected chi connectivity index (χ4v) is 2.10. The number of carbonyl (C=O) groups is 2. The van der Waals surface area contributed by atoms with E-state index in [9.17, 15) is 9.59 Å². The summed E-state index contributed by atoms with van der Waals surface area (Å²) in [4.78, 5) is 25.2. The number of nitrogens with zero attached hydrogens (tertiary/aromatic N) is 1. The molecule has 2 rings (SSSR count). The van der Waals surface area contributed by atoms with Gasteiger partial charge in [-0.3, -0.25) is 9.59 Å². The molecule has 0 aliphatic heterocycles. The van der Waals surface area contributed by atoms with E-state index in [0.717, 1.165) is 5.56 Å². The number of furan rings is 1. The number of aliphatic carboxylic acids is 1. The molecule has 0 bridgehead atoms. The van der Waals surface area contributed by atoms with Gasteiger partial charge in [-0.1, -0.05) is 24.6 Å². The first-order valence-corrected chi connectivity index (χ1v) is 7.08. The van der Waals surface area contributed by atoms with Gasteiger partial charge in [0.05, 0.1) is 18.7 Å². The number of hydrogen-bond acceptors (Lipinski definition) is 3. The van der Waals surface area contributed by atoms with Crippen LogP contribution in [0.5, 0.6) is 0 Å². The van der Waals surface area contributed by atoms with Crippen molar-refractivity contribution in [2.75, 3.05) is 6.54 Å². The van der Waals surface area contributed by atoms with Crippen LogP contribution in [-0.4, -0.2) is 28.4 Å². The quantitative estimate of drug-likeness (QED) is 0.890. The van der Waals surface area contributed by atoms with E-state index in [1.54, 1.807) is 31.2 Å². The lowest BCUT2D eigenvalue weighted by Gasteiger charge is -2.23. The molecule has 1 N–H and O–H groups in total. The molecule has 22 heavy (non-hydrogen) atoms. The van der Waals surface area contributed by atoms with Crippen LogP contribution in [-0.2, 0) is 11.3 Å². The molecule has 2 aromatic rings. The van der Waals surface area contributed by atoms with Crippen LogP contribution >= 0.6 is 0 Å². The number of amides is 1. The lowest BCUT2D eigenvalue weighted by Crippen LogP contribution is -2.36. The standard InChI is InChI=1S/C17H19NO4/c1-12-5-7-14(8-6-12)16(19)18(10-13(2)17(20)21)11-15-4-3-9-22-15/h3-9,13H,10-11H2,1-2H3,(H,20,21). The molecule has 1 aromatic carbocycles. The van der Waals surface area contributed by atoms with Crippen molar-refractivity contribution in [3.63, 3.8) is 0 Å². The molecule has 1 heterocycles. The summed E-state index contributed by atoms with van der Waals surface area (Å²) in [5.41, 5.74) is 1.60. The van der Waals surface area contributed by atoms with Gasteiger partial charge in [0.25, 0.3) is 5.91 Å². The molecule has 1 unspecified atom stereocenters. The highest BCUT2D eigenvalue weighted by molar-refractivity contribution is 5.94. The fourth-order valence-electron chi connectivity index (χ4n) is 2.10. The van der Waals surface area contributed by atoms with E-state index in [-0.39, 0.29) is 19.0 Å². The third-order valence-corrected chi connectivity index (χ3v) is 3.43. The van der Waals surface area contributed by atoms with Crippen LogP contribution < -0.4 is 0 Å². The molecule has 0 aliphatic carbocycles. The number of carbonyl (C=O) groups excluding carboxylic acids is 1. The number of rotatable bonds is 6. The molecule has 0 radical (unpaired) electrons. The summed E-state index contributed by atoms with van der Waals surface area (Å²) in [6, 6.07) is 10.7. The van der Waals surface area contributed by atoms with Crippen molar-refractivity contribution in [3.05, 3.63) is 59.5 Å². The molecular formula is C17H19NO4. The van der Waals surface area contributed by atoms with Crippen molar-refractivity contribution in [2.24, 2.45) is 5.92 Å². The summed E-state index contributed by atoms with van der Waals surface area (Å²) in [6.45, 7) is 3.90. The minimum Gasteiger partial charge on any atom is -0.481 e. The zero-order chi connectivity index (χ0) is 16.1. The summed E-state index contributed by atoms with van der Waals surface area (Å²) in [5, 5.41) is 9.08. The predicted octanol–water partition coefficient (Wildman–Crippen LogP) is 2.95. The maximum atomic E-state index is 12.6. The van der Waals surface area contributed by atoms with Crippen molar-refractivity contribution < 1.29 is 19.1 Å². The first kappa shape index (κ1) is 15.8. The van der Waals surface area contributed by atoms with Gasteiger partial charge >= 0.3 is 5.97 Å². The number of hydrogen-bond donors (Lipinski definition) is 1. The molecule has 0 aliphatic rings. The molecule has 116 valence electrons. The maximum Gasteiger partial charge on any atom is 0.308 e. The Hall–Kier alpha value is -2.56. The number of carboxylic acids is 1. The van der Waals surface area contributed by atoms with E-state index in [0.29, 0.717) is 11.3 Å². The van der Waals surface area contributed by atoms with Gasteiger partial charge in [0.15, 0.2) is 0 Å². The van der Waals surface area contributed by atoms with Crippen LogP contribution in [0.25, 0.3) is 0 Å². The van der Waals surface area contributed by atoms with Crippen LogP contribution in [0.3, 0.4) is 0 Å². The Morgan fingerprint density at radius 3 is 2.45 bits per heavy atom. The molecule has 5 nitrogen and oxygen atoms in total. The first-order valence-electron chi connectivity index (χ1n) is 7.08. The highest BCUT2D eigenvalue weighted by Crippen LogP contribution is 2.14. The van der Waals surface area contributed by atoms with Gasteiger partial charge in [0.2, 0.25) is 0 Å². The Bertz CT molecular complexity index is 631. The normalized spacial score (nSPS) is 11.9.